The third-order valence-corrected chi connectivity index (χ3v) is 8.36. The first kappa shape index (κ1) is 21.5. The van der Waals surface area contributed by atoms with E-state index >= 15 is 0 Å². The Hall–Kier alpha value is -1.69. The Kier molecular flexibility index (Phi) is 6.06. The summed E-state index contributed by atoms with van der Waals surface area (Å²) < 4.78 is 0. The van der Waals surface area contributed by atoms with Gasteiger partial charge in [-0.3, -0.25) is 14.5 Å². The van der Waals surface area contributed by atoms with Crippen molar-refractivity contribution < 1.29 is 14.4 Å². The van der Waals surface area contributed by atoms with Gasteiger partial charge in [-0.25, -0.2) is 4.79 Å². The molecule has 3 fully saturated rings. The molecule has 0 radical (unpaired) electrons. The summed E-state index contributed by atoms with van der Waals surface area (Å²) in [6, 6.07) is -0.566. The number of imide groups is 1. The molecule has 4 aliphatic rings. The highest BCUT2D eigenvalue weighted by atomic mass is 16.2. The maximum atomic E-state index is 13.3. The van der Waals surface area contributed by atoms with E-state index in [2.05, 4.69) is 17.5 Å². The van der Waals surface area contributed by atoms with Crippen LogP contribution in [0.25, 0.3) is 0 Å². The number of hydrogen-bond donors (Lipinski definition) is 1. The Morgan fingerprint density at radius 2 is 1.77 bits per heavy atom. The van der Waals surface area contributed by atoms with Gasteiger partial charge < -0.3 is 10.2 Å². The largest absolute Gasteiger partial charge is 0.327 e. The van der Waals surface area contributed by atoms with Crippen LogP contribution in [0.2, 0.25) is 0 Å². The number of ketones is 1. The average Bonchev–Trinajstić information content (AvgIpc) is 3.24. The van der Waals surface area contributed by atoms with Gasteiger partial charge in [0, 0.05) is 12.6 Å². The molecule has 0 aromatic carbocycles. The quantitative estimate of drug-likeness (QED) is 0.560. The number of carbonyl (C=O) groups is 3. The van der Waals surface area contributed by atoms with Gasteiger partial charge in [-0.1, -0.05) is 44.3 Å². The number of allylic oxidation sites excluding steroid dienone is 2. The average molecular weight is 416 g/mol. The van der Waals surface area contributed by atoms with Crippen molar-refractivity contribution in [3.8, 4) is 0 Å². The Morgan fingerprint density at radius 3 is 2.43 bits per heavy atom. The number of nitrogens with zero attached hydrogens (tertiary/aromatic N) is 2. The number of carbonyl (C=O) groups excluding carboxylic acids is 3. The molecule has 0 aromatic rings. The van der Waals surface area contributed by atoms with Gasteiger partial charge in [0.05, 0.1) is 12.6 Å². The second-order valence-corrected chi connectivity index (χ2v) is 10.1. The molecule has 3 unspecified atom stereocenters. The topological polar surface area (TPSA) is 69.7 Å². The van der Waals surface area contributed by atoms with Gasteiger partial charge in [0.25, 0.3) is 5.91 Å². The van der Waals surface area contributed by atoms with Crippen LogP contribution in [0.3, 0.4) is 0 Å². The maximum absolute atomic E-state index is 13.3. The lowest BCUT2D eigenvalue weighted by atomic mass is 9.77. The molecule has 3 atom stereocenters. The molecule has 3 amide bonds. The predicted molar refractivity (Wildman–Crippen MR) is 116 cm³/mol. The number of amides is 3. The maximum Gasteiger partial charge on any atom is 0.327 e. The van der Waals surface area contributed by atoms with Crippen LogP contribution in [0.1, 0.15) is 84.0 Å². The van der Waals surface area contributed by atoms with Crippen LogP contribution >= 0.6 is 0 Å². The van der Waals surface area contributed by atoms with E-state index in [9.17, 15) is 14.4 Å². The number of nitrogens with one attached hydrogen (secondary N) is 1. The van der Waals surface area contributed by atoms with Crippen LogP contribution in [0.15, 0.2) is 12.2 Å². The first-order valence-electron chi connectivity index (χ1n) is 11.9. The number of rotatable bonds is 4. The van der Waals surface area contributed by atoms with Crippen LogP contribution in [-0.4, -0.2) is 58.2 Å². The number of urea groups is 1. The zero-order chi connectivity index (χ0) is 21.4. The lowest BCUT2D eigenvalue weighted by Crippen LogP contribution is -2.52. The zero-order valence-electron chi connectivity index (χ0n) is 18.6. The fourth-order valence-electron chi connectivity index (χ4n) is 6.19. The van der Waals surface area contributed by atoms with Crippen molar-refractivity contribution in [2.24, 2.45) is 5.92 Å². The van der Waals surface area contributed by atoms with Crippen molar-refractivity contribution in [3.63, 3.8) is 0 Å². The molecule has 2 aliphatic heterocycles. The first-order chi connectivity index (χ1) is 14.4. The van der Waals surface area contributed by atoms with Crippen LogP contribution in [-0.2, 0) is 9.59 Å². The third kappa shape index (κ3) is 3.72. The van der Waals surface area contributed by atoms with E-state index in [1.165, 1.54) is 37.0 Å². The van der Waals surface area contributed by atoms with Crippen LogP contribution < -0.4 is 5.32 Å². The fraction of sp³-hybridized carbons (Fsp3) is 0.792. The van der Waals surface area contributed by atoms with Crippen molar-refractivity contribution in [2.75, 3.05) is 13.6 Å². The van der Waals surface area contributed by atoms with E-state index in [0.717, 1.165) is 44.9 Å². The molecule has 4 rings (SSSR count). The lowest BCUT2D eigenvalue weighted by Gasteiger charge is -2.37. The van der Waals surface area contributed by atoms with Gasteiger partial charge in [0.2, 0.25) is 0 Å². The molecule has 6 nitrogen and oxygen atoms in total. The normalized spacial score (nSPS) is 34.5. The molecule has 0 bridgehead atoms. The van der Waals surface area contributed by atoms with Gasteiger partial charge in [-0.05, 0) is 57.8 Å². The smallest absolute Gasteiger partial charge is 0.313 e. The van der Waals surface area contributed by atoms with E-state index in [1.54, 1.807) is 11.9 Å². The summed E-state index contributed by atoms with van der Waals surface area (Å²) in [5.41, 5.74) is -0.772. The SMILES string of the molecule is CN1C(=O)N(CC(=O)C2CCC3(CCCCCCC3)N2)C(=O)C1(C)C1CC=CCC1. The Morgan fingerprint density at radius 1 is 1.07 bits per heavy atom. The number of Topliss-reactive ketones (excluding diaryl/α,β-unsaturated/α-hetero) is 1. The highest BCUT2D eigenvalue weighted by Crippen LogP contribution is 2.40. The molecular weight excluding hydrogens is 378 g/mol. The van der Waals surface area contributed by atoms with Gasteiger partial charge in [-0.2, -0.15) is 0 Å². The molecule has 1 N–H and O–H groups in total. The molecule has 166 valence electrons. The summed E-state index contributed by atoms with van der Waals surface area (Å²) in [5.74, 6) is -0.119. The van der Waals surface area contributed by atoms with Crippen LogP contribution in [0.4, 0.5) is 4.79 Å². The molecule has 2 heterocycles. The molecule has 30 heavy (non-hydrogen) atoms. The van der Waals surface area contributed by atoms with Crippen LogP contribution in [0, 0.1) is 5.92 Å². The molecule has 2 aliphatic carbocycles. The van der Waals surface area contributed by atoms with Crippen LogP contribution in [0.5, 0.6) is 0 Å². The highest BCUT2D eigenvalue weighted by Gasteiger charge is 2.57. The van der Waals surface area contributed by atoms with Crippen molar-refractivity contribution in [3.05, 3.63) is 12.2 Å². The molecule has 6 heteroatoms. The number of likely N-dealkylation sites (N-methyl/N-ethyl adjacent to an activating group) is 1. The Labute approximate surface area is 180 Å². The minimum Gasteiger partial charge on any atom is -0.313 e. The second kappa shape index (κ2) is 8.45. The van der Waals surface area contributed by atoms with Crippen molar-refractivity contribution in [2.45, 2.75) is 101 Å². The first-order valence-corrected chi connectivity index (χ1v) is 11.9. The van der Waals surface area contributed by atoms with Gasteiger partial charge >= 0.3 is 6.03 Å². The minimum absolute atomic E-state index is 0.0168. The third-order valence-electron chi connectivity index (χ3n) is 8.36. The molecular formula is C24H37N3O3. The predicted octanol–water partition coefficient (Wildman–Crippen LogP) is 3.80. The number of hydrogen-bond acceptors (Lipinski definition) is 4. The lowest BCUT2D eigenvalue weighted by molar-refractivity contribution is -0.137. The summed E-state index contributed by atoms with van der Waals surface area (Å²) in [5, 5.41) is 3.65. The summed E-state index contributed by atoms with van der Waals surface area (Å²) in [7, 11) is 1.71. The van der Waals surface area contributed by atoms with E-state index in [1.807, 2.05) is 6.92 Å². The van der Waals surface area contributed by atoms with Crippen molar-refractivity contribution >= 4 is 17.7 Å². The van der Waals surface area contributed by atoms with E-state index in [-0.39, 0.29) is 41.8 Å². The van der Waals surface area contributed by atoms with Crippen molar-refractivity contribution in [1.29, 1.82) is 0 Å². The highest BCUT2D eigenvalue weighted by molar-refractivity contribution is 6.09. The zero-order valence-corrected chi connectivity index (χ0v) is 18.6. The second-order valence-electron chi connectivity index (χ2n) is 10.1. The molecule has 0 aromatic heterocycles. The summed E-state index contributed by atoms with van der Waals surface area (Å²) >= 11 is 0. The van der Waals surface area contributed by atoms with E-state index in [0.29, 0.717) is 0 Å². The molecule has 2 saturated heterocycles. The fourth-order valence-corrected chi connectivity index (χ4v) is 6.19. The summed E-state index contributed by atoms with van der Waals surface area (Å²) in [6.45, 7) is 1.77. The standard InChI is InChI=1S/C24H37N3O3/c1-23(18-11-7-6-8-12-18)21(29)27(22(30)26(23)2)17-20(28)19-13-16-24(25-19)14-9-4-3-5-10-15-24/h6-7,18-19,25H,3-5,8-17H2,1-2H3. The monoisotopic (exact) mass is 415 g/mol. The van der Waals surface area contributed by atoms with Crippen molar-refractivity contribution in [1.82, 2.24) is 15.1 Å². The minimum atomic E-state index is -0.855. The molecule has 1 spiro atoms. The van der Waals surface area contributed by atoms with Gasteiger partial charge in [0.1, 0.15) is 5.54 Å². The summed E-state index contributed by atoms with van der Waals surface area (Å²) in [6.07, 6.45) is 17.3. The Balaban J connectivity index is 1.42. The van der Waals surface area contributed by atoms with E-state index < -0.39 is 5.54 Å². The van der Waals surface area contributed by atoms with Gasteiger partial charge in [0.15, 0.2) is 5.78 Å². The Bertz CT molecular complexity index is 725. The van der Waals surface area contributed by atoms with Gasteiger partial charge in [-0.15, -0.1) is 0 Å². The van der Waals surface area contributed by atoms with E-state index in [4.69, 9.17) is 0 Å². The summed E-state index contributed by atoms with van der Waals surface area (Å²) in [4.78, 5) is 42.2. The molecule has 1 saturated carbocycles.